The molecule has 2 unspecified atom stereocenters. The highest BCUT2D eigenvalue weighted by Gasteiger charge is 2.50. The Bertz CT molecular complexity index is 1080. The predicted molar refractivity (Wildman–Crippen MR) is 138 cm³/mol. The number of carbonyl (C=O) groups excluding carboxylic acids is 1. The van der Waals surface area contributed by atoms with Crippen LogP contribution in [0.4, 0.5) is 8.78 Å². The largest absolute Gasteiger partial charge is 0.362 e. The molecule has 1 aromatic carbocycles. The molecule has 0 spiro atoms. The van der Waals surface area contributed by atoms with Crippen molar-refractivity contribution in [1.29, 1.82) is 0 Å². The van der Waals surface area contributed by atoms with Gasteiger partial charge in [-0.1, -0.05) is 30.7 Å². The van der Waals surface area contributed by atoms with Crippen LogP contribution in [0.3, 0.4) is 0 Å². The first kappa shape index (κ1) is 25.5. The molecule has 2 fully saturated rings. The van der Waals surface area contributed by atoms with Crippen molar-refractivity contribution in [3.05, 3.63) is 46.1 Å². The van der Waals surface area contributed by atoms with E-state index in [1.54, 1.807) is 6.92 Å². The molecule has 4 atom stereocenters. The van der Waals surface area contributed by atoms with E-state index < -0.39 is 12.1 Å². The lowest BCUT2D eigenvalue weighted by Crippen LogP contribution is -2.55. The number of piperazine rings is 1. The highest BCUT2D eigenvalue weighted by atomic mass is 35.5. The zero-order chi connectivity index (χ0) is 25.8. The van der Waals surface area contributed by atoms with Crippen LogP contribution in [0.5, 0.6) is 0 Å². The summed E-state index contributed by atoms with van der Waals surface area (Å²) < 4.78 is 29.3. The summed E-state index contributed by atoms with van der Waals surface area (Å²) in [5.74, 6) is -2.64. The molecule has 4 aliphatic rings. The van der Waals surface area contributed by atoms with E-state index in [4.69, 9.17) is 16.6 Å². The molecule has 3 aliphatic heterocycles. The number of halogens is 3. The van der Waals surface area contributed by atoms with Crippen molar-refractivity contribution in [3.63, 3.8) is 0 Å². The van der Waals surface area contributed by atoms with Gasteiger partial charge in [0.2, 0.25) is 5.91 Å². The van der Waals surface area contributed by atoms with Gasteiger partial charge in [-0.25, -0.2) is 4.99 Å². The fraction of sp³-hybridized carbons (Fsp3) is 0.630. The summed E-state index contributed by atoms with van der Waals surface area (Å²) in [5.41, 5.74) is 1.62. The summed E-state index contributed by atoms with van der Waals surface area (Å²) in [6, 6.07) is 7.64. The quantitative estimate of drug-likeness (QED) is 0.622. The van der Waals surface area contributed by atoms with E-state index in [0.29, 0.717) is 42.6 Å². The van der Waals surface area contributed by atoms with E-state index in [9.17, 15) is 13.6 Å². The van der Waals surface area contributed by atoms with Crippen LogP contribution in [0.15, 0.2) is 40.5 Å². The smallest absolute Gasteiger partial charge is 0.288 e. The van der Waals surface area contributed by atoms with E-state index in [2.05, 4.69) is 29.4 Å². The van der Waals surface area contributed by atoms with Crippen molar-refractivity contribution in [2.75, 3.05) is 26.2 Å². The molecule has 3 heterocycles. The van der Waals surface area contributed by atoms with E-state index >= 15 is 0 Å². The van der Waals surface area contributed by atoms with Crippen LogP contribution in [0, 0.1) is 5.92 Å². The fourth-order valence-electron chi connectivity index (χ4n) is 6.26. The average molecular weight is 520 g/mol. The Labute approximate surface area is 217 Å². The van der Waals surface area contributed by atoms with Crippen molar-refractivity contribution in [3.8, 4) is 0 Å². The zero-order valence-electron chi connectivity index (χ0n) is 21.5. The molecular formula is C27H36ClF2N5O. The van der Waals surface area contributed by atoms with Crippen molar-refractivity contribution in [2.24, 2.45) is 10.9 Å². The van der Waals surface area contributed by atoms with Crippen LogP contribution in [0.25, 0.3) is 0 Å². The van der Waals surface area contributed by atoms with Gasteiger partial charge in [-0.3, -0.25) is 4.79 Å². The van der Waals surface area contributed by atoms with E-state index in [1.165, 1.54) is 0 Å². The second kappa shape index (κ2) is 9.28. The Hall–Kier alpha value is -2.19. The Kier molecular flexibility index (Phi) is 6.56. The fourth-order valence-corrected chi connectivity index (χ4v) is 6.38. The van der Waals surface area contributed by atoms with Gasteiger partial charge in [-0.05, 0) is 57.2 Å². The lowest BCUT2D eigenvalue weighted by atomic mass is 9.88. The van der Waals surface area contributed by atoms with Gasteiger partial charge in [0.15, 0.2) is 0 Å². The molecule has 0 aromatic heterocycles. The van der Waals surface area contributed by atoms with Gasteiger partial charge in [-0.2, -0.15) is 8.78 Å². The van der Waals surface area contributed by atoms with Crippen molar-refractivity contribution in [2.45, 2.75) is 76.5 Å². The number of rotatable bonds is 3. The minimum atomic E-state index is -2.85. The Morgan fingerprint density at radius 1 is 1.14 bits per heavy atom. The summed E-state index contributed by atoms with van der Waals surface area (Å²) in [7, 11) is 0. The first-order valence-electron chi connectivity index (χ1n) is 13.0. The molecule has 2 N–H and O–H groups in total. The number of aliphatic imine (C=N–C) groups is 1. The van der Waals surface area contributed by atoms with E-state index in [-0.39, 0.29) is 41.4 Å². The summed E-state index contributed by atoms with van der Waals surface area (Å²) >= 11 is 6.13. The highest BCUT2D eigenvalue weighted by molar-refractivity contribution is 6.30. The van der Waals surface area contributed by atoms with Gasteiger partial charge in [0.05, 0.1) is 11.6 Å². The van der Waals surface area contributed by atoms with Crippen LogP contribution in [-0.4, -0.2) is 71.4 Å². The molecule has 5 rings (SSSR count). The number of carbonyl (C=O) groups is 1. The molecule has 0 radical (unpaired) electrons. The van der Waals surface area contributed by atoms with E-state index in [0.717, 1.165) is 18.4 Å². The van der Waals surface area contributed by atoms with Crippen molar-refractivity contribution < 1.29 is 13.6 Å². The molecule has 0 bridgehead atoms. The van der Waals surface area contributed by atoms with Crippen molar-refractivity contribution >= 4 is 23.3 Å². The van der Waals surface area contributed by atoms with Gasteiger partial charge in [-0.15, -0.1) is 0 Å². The number of hydrogen-bond acceptors (Lipinski definition) is 5. The van der Waals surface area contributed by atoms with Gasteiger partial charge < -0.3 is 20.4 Å². The van der Waals surface area contributed by atoms with Crippen molar-refractivity contribution in [1.82, 2.24) is 20.4 Å². The maximum Gasteiger partial charge on any atom is 0.288 e. The summed E-state index contributed by atoms with van der Waals surface area (Å²) in [6.45, 7) is 10.2. The Morgan fingerprint density at radius 3 is 2.42 bits per heavy atom. The predicted octanol–water partition coefficient (Wildman–Crippen LogP) is 4.38. The number of allylic oxidation sites excluding steroid dienone is 1. The van der Waals surface area contributed by atoms with Gasteiger partial charge in [0, 0.05) is 54.8 Å². The Morgan fingerprint density at radius 2 is 1.81 bits per heavy atom. The van der Waals surface area contributed by atoms with Crippen LogP contribution in [0.2, 0.25) is 5.02 Å². The minimum Gasteiger partial charge on any atom is -0.362 e. The van der Waals surface area contributed by atoms with E-state index in [1.807, 2.05) is 36.1 Å². The minimum absolute atomic E-state index is 0.0103. The standard InChI is InChI=1S/C27H36ClF2N5O/c1-16-15-27(29,30)23-21(16)24(32-17(2)31-23)34-11-13-35(14-12-34)25(36)22(18-5-7-19(28)8-6-18)20-9-10-26(3,4)33-20/h5-8,16-17,20,22,31,33H,9-15H2,1-4H3/t16?,17?,20-,22-/m0/s1. The van der Waals surface area contributed by atoms with Crippen LogP contribution in [-0.2, 0) is 4.79 Å². The van der Waals surface area contributed by atoms with Gasteiger partial charge in [0.1, 0.15) is 12.0 Å². The third-order valence-corrected chi connectivity index (χ3v) is 8.30. The first-order chi connectivity index (χ1) is 16.9. The molecule has 36 heavy (non-hydrogen) atoms. The summed E-state index contributed by atoms with van der Waals surface area (Å²) in [4.78, 5) is 22.7. The van der Waals surface area contributed by atoms with Gasteiger partial charge >= 0.3 is 0 Å². The number of amidine groups is 1. The second-order valence-electron chi connectivity index (χ2n) is 11.4. The van der Waals surface area contributed by atoms with Crippen LogP contribution in [0.1, 0.15) is 58.4 Å². The Balaban J connectivity index is 1.33. The zero-order valence-corrected chi connectivity index (χ0v) is 22.2. The summed E-state index contributed by atoms with van der Waals surface area (Å²) in [6.07, 6.45) is 1.34. The molecule has 0 saturated carbocycles. The lowest BCUT2D eigenvalue weighted by molar-refractivity contribution is -0.134. The normalized spacial score (nSPS) is 30.1. The molecule has 1 aromatic rings. The summed E-state index contributed by atoms with van der Waals surface area (Å²) in [5, 5.41) is 7.23. The molecule has 9 heteroatoms. The maximum atomic E-state index is 14.6. The second-order valence-corrected chi connectivity index (χ2v) is 11.8. The highest BCUT2D eigenvalue weighted by Crippen LogP contribution is 2.45. The molecular weight excluding hydrogens is 484 g/mol. The maximum absolute atomic E-state index is 14.6. The third kappa shape index (κ3) is 4.74. The SMILES string of the molecule is CC1N=C(N2CCN(C(=O)[C@@H](c3ccc(Cl)cc3)[C@@H]3CCC(C)(C)N3)CC2)C2=C(N1)C(F)(F)CC2C. The third-order valence-electron chi connectivity index (χ3n) is 8.05. The monoisotopic (exact) mass is 519 g/mol. The number of benzene rings is 1. The number of nitrogens with zero attached hydrogens (tertiary/aromatic N) is 3. The molecule has 1 amide bonds. The average Bonchev–Trinajstić information content (AvgIpc) is 3.29. The van der Waals surface area contributed by atoms with Crippen LogP contribution < -0.4 is 10.6 Å². The number of hydrogen-bond donors (Lipinski definition) is 2. The molecule has 1 aliphatic carbocycles. The first-order valence-corrected chi connectivity index (χ1v) is 13.4. The molecule has 6 nitrogen and oxygen atoms in total. The lowest BCUT2D eigenvalue weighted by Gasteiger charge is -2.41. The molecule has 2 saturated heterocycles. The van der Waals surface area contributed by atoms with Gasteiger partial charge in [0.25, 0.3) is 5.92 Å². The van der Waals surface area contributed by atoms with Crippen LogP contribution >= 0.6 is 11.6 Å². The number of nitrogens with one attached hydrogen (secondary N) is 2. The topological polar surface area (TPSA) is 60.0 Å². The number of alkyl halides is 2. The molecule has 196 valence electrons. The number of amides is 1.